The van der Waals surface area contributed by atoms with Crippen LogP contribution in [0, 0.1) is 35.0 Å². The van der Waals surface area contributed by atoms with Crippen molar-refractivity contribution in [3.05, 3.63) is 12.4 Å². The van der Waals surface area contributed by atoms with Crippen LogP contribution in [0.4, 0.5) is 0 Å². The molecule has 1 N–H and O–H groups in total. The van der Waals surface area contributed by atoms with Gasteiger partial charge in [0, 0.05) is 12.3 Å². The number of aliphatic hydroxyl groups is 1. The largest absolute Gasteiger partial charge is 0.475 e. The summed E-state index contributed by atoms with van der Waals surface area (Å²) in [6, 6.07) is 0. The highest BCUT2D eigenvalue weighted by atomic mass is 16.5. The molecule has 0 saturated heterocycles. The van der Waals surface area contributed by atoms with E-state index >= 15 is 0 Å². The van der Waals surface area contributed by atoms with E-state index < -0.39 is 11.1 Å². The Morgan fingerprint density at radius 1 is 1.12 bits per heavy atom. The van der Waals surface area contributed by atoms with Crippen molar-refractivity contribution in [1.82, 2.24) is 15.0 Å². The summed E-state index contributed by atoms with van der Waals surface area (Å²) in [6.07, 6.45) is 11.6. The third kappa shape index (κ3) is 2.75. The number of hydrogen-bond acceptors (Lipinski definition) is 6. The van der Waals surface area contributed by atoms with Gasteiger partial charge in [-0.2, -0.15) is 15.0 Å². The van der Waals surface area contributed by atoms with Gasteiger partial charge in [0.2, 0.25) is 0 Å². The minimum Gasteiger partial charge on any atom is -0.475 e. The van der Waals surface area contributed by atoms with Crippen LogP contribution in [-0.2, 0) is 16.1 Å². The molecular formula is C25H36N4O3. The molecule has 6 rings (SSSR count). The molecule has 2 heterocycles. The highest BCUT2D eigenvalue weighted by Crippen LogP contribution is 2.68. The zero-order chi connectivity index (χ0) is 22.3. The number of nitrogens with zero attached hydrogens (tertiary/aromatic N) is 4. The van der Waals surface area contributed by atoms with Crippen molar-refractivity contribution < 1.29 is 14.6 Å². The number of hydrogen-bond donors (Lipinski definition) is 1. The molecule has 32 heavy (non-hydrogen) atoms. The first kappa shape index (κ1) is 20.8. The third-order valence-electron chi connectivity index (χ3n) is 10.3. The van der Waals surface area contributed by atoms with E-state index in [1.54, 1.807) is 12.4 Å². The summed E-state index contributed by atoms with van der Waals surface area (Å²) in [7, 11) is 0. The number of ketones is 1. The van der Waals surface area contributed by atoms with E-state index in [-0.39, 0.29) is 23.8 Å². The Morgan fingerprint density at radius 3 is 2.66 bits per heavy atom. The van der Waals surface area contributed by atoms with Crippen LogP contribution in [0.1, 0.15) is 72.1 Å². The Balaban J connectivity index is 1.32. The average Bonchev–Trinajstić information content (AvgIpc) is 3.41. The lowest BCUT2D eigenvalue weighted by Crippen LogP contribution is -2.58. The van der Waals surface area contributed by atoms with Crippen LogP contribution in [0.15, 0.2) is 17.4 Å². The number of ether oxygens (including phenoxy) is 1. The summed E-state index contributed by atoms with van der Waals surface area (Å²) < 4.78 is 6.25. The Morgan fingerprint density at radius 2 is 1.88 bits per heavy atom. The highest BCUT2D eigenvalue weighted by molar-refractivity contribution is 5.95. The maximum atomic E-state index is 13.9. The fourth-order valence-electron chi connectivity index (χ4n) is 9.03. The number of rotatable bonds is 3. The highest BCUT2D eigenvalue weighted by Gasteiger charge is 2.72. The monoisotopic (exact) mass is 440 g/mol. The summed E-state index contributed by atoms with van der Waals surface area (Å²) in [4.78, 5) is 20.4. The molecule has 1 aliphatic heterocycles. The number of fused-ring (bicyclic) bond motifs is 7. The molecule has 4 fully saturated rings. The van der Waals surface area contributed by atoms with Crippen LogP contribution < -0.4 is 0 Å². The summed E-state index contributed by atoms with van der Waals surface area (Å²) in [5.74, 6) is 3.94. The molecule has 1 aromatic heterocycles. The molecule has 7 heteroatoms. The number of Topliss-reactive ketones (excluding diaryl/α,β-unsaturated/α-hetero) is 1. The van der Waals surface area contributed by atoms with E-state index in [1.165, 1.54) is 17.6 Å². The zero-order valence-corrected chi connectivity index (χ0v) is 19.5. The Kier molecular flexibility index (Phi) is 4.47. The van der Waals surface area contributed by atoms with Gasteiger partial charge in [-0.3, -0.25) is 4.79 Å². The van der Waals surface area contributed by atoms with E-state index in [9.17, 15) is 9.90 Å². The second-order valence-corrected chi connectivity index (χ2v) is 11.9. The first-order chi connectivity index (χ1) is 15.2. The van der Waals surface area contributed by atoms with Gasteiger partial charge in [0.1, 0.15) is 12.6 Å². The second kappa shape index (κ2) is 6.87. The van der Waals surface area contributed by atoms with Crippen LogP contribution in [-0.4, -0.2) is 49.0 Å². The van der Waals surface area contributed by atoms with Gasteiger partial charge in [0.15, 0.2) is 17.2 Å². The van der Waals surface area contributed by atoms with Crippen LogP contribution in [0.25, 0.3) is 0 Å². The van der Waals surface area contributed by atoms with Gasteiger partial charge in [-0.1, -0.05) is 6.92 Å². The SMILES string of the molecule is CC1=N[C@]2(C(=O)Cn3nccn3)[C@@H](C[C@H]3[C@@H]4CC[C@@H]5C[C@](C)(O)CC[C@@H]5[C@H]4CC[C@@]32C)O1. The van der Waals surface area contributed by atoms with E-state index in [4.69, 9.17) is 9.73 Å². The van der Waals surface area contributed by atoms with Gasteiger partial charge in [-0.25, -0.2) is 4.99 Å². The van der Waals surface area contributed by atoms with Crippen LogP contribution in [0.3, 0.4) is 0 Å². The van der Waals surface area contributed by atoms with Gasteiger partial charge < -0.3 is 9.84 Å². The van der Waals surface area contributed by atoms with Crippen molar-refractivity contribution in [2.75, 3.05) is 0 Å². The molecule has 0 radical (unpaired) electrons. The predicted molar refractivity (Wildman–Crippen MR) is 119 cm³/mol. The van der Waals surface area contributed by atoms with Crippen molar-refractivity contribution in [3.63, 3.8) is 0 Å². The molecule has 4 saturated carbocycles. The Hall–Kier alpha value is -1.76. The molecule has 0 aromatic carbocycles. The third-order valence-corrected chi connectivity index (χ3v) is 10.3. The standard InChI is InChI=1S/C25H36N4O3/c1-15-28-25(21(30)14-29-26-10-11-27-29)22(32-15)12-20-19-5-4-16-13-23(2,31)8-6-17(16)18(19)7-9-24(20,25)3/h10-11,16-20,22,31H,4-9,12-14H2,1-3H3/t16-,17+,18-,19-,20+,22-,23-,24+,25-/m1/s1. The van der Waals surface area contributed by atoms with Crippen molar-refractivity contribution in [1.29, 1.82) is 0 Å². The number of aliphatic imine (C=N–C) groups is 1. The normalized spacial score (nSPS) is 49.3. The first-order valence-electron chi connectivity index (χ1n) is 12.6. The lowest BCUT2D eigenvalue weighted by Gasteiger charge is -2.57. The Bertz CT molecular complexity index is 943. The second-order valence-electron chi connectivity index (χ2n) is 11.9. The van der Waals surface area contributed by atoms with Crippen molar-refractivity contribution in [2.24, 2.45) is 40.0 Å². The van der Waals surface area contributed by atoms with E-state index in [0.29, 0.717) is 29.6 Å². The minimum atomic E-state index is -0.812. The smallest absolute Gasteiger partial charge is 0.188 e. The molecule has 0 amide bonds. The molecule has 1 aromatic rings. The van der Waals surface area contributed by atoms with Gasteiger partial charge >= 0.3 is 0 Å². The molecule has 7 nitrogen and oxygen atoms in total. The van der Waals surface area contributed by atoms with Gasteiger partial charge in [-0.15, -0.1) is 0 Å². The molecular weight excluding hydrogens is 404 g/mol. The Labute approximate surface area is 190 Å². The number of carbonyl (C=O) groups is 1. The summed E-state index contributed by atoms with van der Waals surface area (Å²) in [6.45, 7) is 6.39. The van der Waals surface area contributed by atoms with Crippen LogP contribution >= 0.6 is 0 Å². The molecule has 4 aliphatic carbocycles. The van der Waals surface area contributed by atoms with Crippen molar-refractivity contribution in [2.45, 2.75) is 95.9 Å². The number of aromatic nitrogens is 3. The molecule has 0 unspecified atom stereocenters. The van der Waals surface area contributed by atoms with E-state index in [0.717, 1.165) is 44.4 Å². The van der Waals surface area contributed by atoms with Crippen LogP contribution in [0.2, 0.25) is 0 Å². The number of carbonyl (C=O) groups excluding carboxylic acids is 1. The average molecular weight is 441 g/mol. The van der Waals surface area contributed by atoms with Gasteiger partial charge in [-0.05, 0) is 87.9 Å². The summed E-state index contributed by atoms with van der Waals surface area (Å²) >= 11 is 0. The van der Waals surface area contributed by atoms with Crippen molar-refractivity contribution in [3.8, 4) is 0 Å². The first-order valence-corrected chi connectivity index (χ1v) is 12.6. The minimum absolute atomic E-state index is 0.0985. The zero-order valence-electron chi connectivity index (χ0n) is 19.5. The van der Waals surface area contributed by atoms with Crippen molar-refractivity contribution >= 4 is 11.7 Å². The molecule has 0 bridgehead atoms. The molecule has 5 aliphatic rings. The quantitative estimate of drug-likeness (QED) is 0.778. The lowest BCUT2D eigenvalue weighted by atomic mass is 9.48. The van der Waals surface area contributed by atoms with Gasteiger partial charge in [0.05, 0.1) is 18.0 Å². The predicted octanol–water partition coefficient (Wildman–Crippen LogP) is 3.42. The van der Waals surface area contributed by atoms with Gasteiger partial charge in [0.25, 0.3) is 0 Å². The maximum Gasteiger partial charge on any atom is 0.188 e. The summed E-state index contributed by atoms with van der Waals surface area (Å²) in [5.41, 5.74) is -1.49. The van der Waals surface area contributed by atoms with E-state index in [2.05, 4.69) is 17.1 Å². The molecule has 0 spiro atoms. The topological polar surface area (TPSA) is 89.6 Å². The molecule has 174 valence electrons. The van der Waals surface area contributed by atoms with Crippen LogP contribution in [0.5, 0.6) is 0 Å². The lowest BCUT2D eigenvalue weighted by molar-refractivity contribution is -0.137. The van der Waals surface area contributed by atoms with E-state index in [1.807, 2.05) is 13.8 Å². The maximum absolute atomic E-state index is 13.9. The summed E-state index contributed by atoms with van der Waals surface area (Å²) in [5, 5.41) is 19.0. The fourth-order valence-corrected chi connectivity index (χ4v) is 9.03. The fraction of sp³-hybridized carbons (Fsp3) is 0.840. The molecule has 9 atom stereocenters.